The van der Waals surface area contributed by atoms with Gasteiger partial charge in [0.15, 0.2) is 4.34 Å². The normalized spacial score (nSPS) is 10.5. The van der Waals surface area contributed by atoms with Gasteiger partial charge < -0.3 is 10.6 Å². The number of hydrogen-bond donors (Lipinski definition) is 2. The van der Waals surface area contributed by atoms with E-state index < -0.39 is 0 Å². The molecule has 0 aliphatic carbocycles. The van der Waals surface area contributed by atoms with Gasteiger partial charge in [0.25, 0.3) is 0 Å². The van der Waals surface area contributed by atoms with Gasteiger partial charge in [-0.15, -0.1) is 10.2 Å². The number of aromatic nitrogens is 2. The minimum Gasteiger partial charge on any atom is -0.351 e. The third-order valence-corrected chi connectivity index (χ3v) is 5.21. The van der Waals surface area contributed by atoms with Crippen molar-refractivity contribution < 1.29 is 13.6 Å². The average molecular weight is 392 g/mol. The van der Waals surface area contributed by atoms with Crippen molar-refractivity contribution in [2.75, 3.05) is 11.1 Å². The molecule has 9 heteroatoms. The molecule has 26 heavy (non-hydrogen) atoms. The number of amides is 1. The summed E-state index contributed by atoms with van der Waals surface area (Å²) in [5, 5.41) is 14.1. The third-order valence-electron chi connectivity index (χ3n) is 3.24. The summed E-state index contributed by atoms with van der Waals surface area (Å²) in [6.07, 6.45) is 0. The van der Waals surface area contributed by atoms with E-state index in [1.54, 1.807) is 30.3 Å². The Labute approximate surface area is 156 Å². The van der Waals surface area contributed by atoms with Crippen molar-refractivity contribution in [3.05, 3.63) is 65.7 Å². The van der Waals surface area contributed by atoms with Crippen LogP contribution in [0.2, 0.25) is 0 Å². The fraction of sp³-hybridized carbons (Fsp3) is 0.118. The molecule has 0 fully saturated rings. The number of rotatable bonds is 7. The van der Waals surface area contributed by atoms with Gasteiger partial charge in [-0.3, -0.25) is 4.79 Å². The molecule has 0 saturated carbocycles. The van der Waals surface area contributed by atoms with Crippen molar-refractivity contribution in [1.29, 1.82) is 0 Å². The molecule has 0 aliphatic heterocycles. The Balaban J connectivity index is 1.47. The number of halogens is 2. The highest BCUT2D eigenvalue weighted by atomic mass is 32.2. The van der Waals surface area contributed by atoms with Crippen LogP contribution in [0.5, 0.6) is 0 Å². The van der Waals surface area contributed by atoms with Gasteiger partial charge >= 0.3 is 0 Å². The summed E-state index contributed by atoms with van der Waals surface area (Å²) < 4.78 is 27.3. The number of thioether (sulfide) groups is 1. The van der Waals surface area contributed by atoms with Gasteiger partial charge in [0.1, 0.15) is 11.6 Å². The van der Waals surface area contributed by atoms with E-state index in [9.17, 15) is 13.6 Å². The molecule has 0 atom stereocenters. The van der Waals surface area contributed by atoms with E-state index in [4.69, 9.17) is 0 Å². The Morgan fingerprint density at radius 3 is 2.77 bits per heavy atom. The zero-order valence-electron chi connectivity index (χ0n) is 13.4. The van der Waals surface area contributed by atoms with Crippen molar-refractivity contribution in [3.63, 3.8) is 0 Å². The molecule has 2 N–H and O–H groups in total. The summed E-state index contributed by atoms with van der Waals surface area (Å²) in [6, 6.07) is 12.3. The third kappa shape index (κ3) is 5.24. The zero-order valence-corrected chi connectivity index (χ0v) is 15.0. The smallest absolute Gasteiger partial charge is 0.230 e. The molecule has 0 unspecified atom stereocenters. The molecule has 0 bridgehead atoms. The number of hydrogen-bond acceptors (Lipinski definition) is 6. The van der Waals surface area contributed by atoms with Crippen LogP contribution in [-0.2, 0) is 11.3 Å². The van der Waals surface area contributed by atoms with E-state index in [0.29, 0.717) is 20.7 Å². The number of carbonyl (C=O) groups is 1. The van der Waals surface area contributed by atoms with Crippen LogP contribution in [0.4, 0.5) is 19.6 Å². The average Bonchev–Trinajstić information content (AvgIpc) is 3.07. The van der Waals surface area contributed by atoms with E-state index in [-0.39, 0.29) is 29.8 Å². The van der Waals surface area contributed by atoms with E-state index in [2.05, 4.69) is 20.8 Å². The van der Waals surface area contributed by atoms with Crippen LogP contribution >= 0.6 is 23.1 Å². The standard InChI is InChI=1S/C17H14F2N4OS2/c18-12-5-3-6-13(8-12)21-16-22-23-17(26-16)25-10-15(24)20-9-11-4-1-2-7-14(11)19/h1-8H,9-10H2,(H,20,24)(H,21,22). The minimum absolute atomic E-state index is 0.133. The van der Waals surface area contributed by atoms with Crippen molar-refractivity contribution in [3.8, 4) is 0 Å². The largest absolute Gasteiger partial charge is 0.351 e. The molecule has 1 aromatic heterocycles. The zero-order chi connectivity index (χ0) is 18.4. The van der Waals surface area contributed by atoms with Crippen LogP contribution in [0, 0.1) is 11.6 Å². The lowest BCUT2D eigenvalue weighted by Crippen LogP contribution is -2.24. The fourth-order valence-electron chi connectivity index (χ4n) is 2.02. The SMILES string of the molecule is O=C(CSc1nnc(Nc2cccc(F)c2)s1)NCc1ccccc1F. The highest BCUT2D eigenvalue weighted by molar-refractivity contribution is 8.01. The minimum atomic E-state index is -0.349. The Morgan fingerprint density at radius 1 is 1.12 bits per heavy atom. The Bertz CT molecular complexity index is 904. The van der Waals surface area contributed by atoms with Crippen molar-refractivity contribution in [1.82, 2.24) is 15.5 Å². The fourth-order valence-corrected chi connectivity index (χ4v) is 3.62. The predicted octanol–water partition coefficient (Wildman–Crippen LogP) is 3.97. The number of carbonyl (C=O) groups excluding carboxylic acids is 1. The Hall–Kier alpha value is -2.52. The molecule has 0 aliphatic rings. The summed E-state index contributed by atoms with van der Waals surface area (Å²) in [5.41, 5.74) is 1.00. The number of nitrogens with zero attached hydrogens (tertiary/aromatic N) is 2. The molecule has 1 amide bonds. The molecule has 5 nitrogen and oxygen atoms in total. The monoisotopic (exact) mass is 392 g/mol. The van der Waals surface area contributed by atoms with E-state index in [1.165, 1.54) is 41.3 Å². The molecule has 3 aromatic rings. The van der Waals surface area contributed by atoms with Crippen LogP contribution in [0.3, 0.4) is 0 Å². The lowest BCUT2D eigenvalue weighted by atomic mass is 10.2. The molecular weight excluding hydrogens is 378 g/mol. The topological polar surface area (TPSA) is 66.9 Å². The van der Waals surface area contributed by atoms with Gasteiger partial charge in [-0.25, -0.2) is 8.78 Å². The Kier molecular flexibility index (Phi) is 6.13. The number of benzene rings is 2. The number of anilines is 2. The molecular formula is C17H14F2N4OS2. The summed E-state index contributed by atoms with van der Waals surface area (Å²) in [5.74, 6) is -0.783. The van der Waals surface area contributed by atoms with Crippen LogP contribution in [0.1, 0.15) is 5.56 Å². The van der Waals surface area contributed by atoms with Crippen LogP contribution in [-0.4, -0.2) is 21.9 Å². The maximum atomic E-state index is 13.5. The summed E-state index contributed by atoms with van der Waals surface area (Å²) in [6.45, 7) is 0.133. The number of nitrogens with one attached hydrogen (secondary N) is 2. The molecule has 3 rings (SSSR count). The van der Waals surface area contributed by atoms with Crippen molar-refractivity contribution >= 4 is 39.8 Å². The summed E-state index contributed by atoms with van der Waals surface area (Å²) >= 11 is 2.49. The maximum Gasteiger partial charge on any atom is 0.230 e. The lowest BCUT2D eigenvalue weighted by molar-refractivity contribution is -0.118. The van der Waals surface area contributed by atoms with Gasteiger partial charge in [-0.1, -0.05) is 47.4 Å². The van der Waals surface area contributed by atoms with E-state index >= 15 is 0 Å². The highest BCUT2D eigenvalue weighted by Crippen LogP contribution is 2.27. The van der Waals surface area contributed by atoms with Crippen LogP contribution in [0.15, 0.2) is 52.9 Å². The van der Waals surface area contributed by atoms with Gasteiger partial charge in [-0.2, -0.15) is 0 Å². The second kappa shape index (κ2) is 8.72. The van der Waals surface area contributed by atoms with E-state index in [1.807, 2.05) is 0 Å². The first-order chi connectivity index (χ1) is 12.6. The molecule has 0 saturated heterocycles. The molecule has 1 heterocycles. The van der Waals surface area contributed by atoms with Crippen molar-refractivity contribution in [2.24, 2.45) is 0 Å². The van der Waals surface area contributed by atoms with Gasteiger partial charge in [-0.05, 0) is 24.3 Å². The summed E-state index contributed by atoms with van der Waals surface area (Å²) in [4.78, 5) is 11.9. The van der Waals surface area contributed by atoms with Gasteiger partial charge in [0.05, 0.1) is 5.75 Å². The summed E-state index contributed by atoms with van der Waals surface area (Å²) in [7, 11) is 0. The first-order valence-electron chi connectivity index (χ1n) is 7.59. The van der Waals surface area contributed by atoms with Gasteiger partial charge in [0.2, 0.25) is 11.0 Å². The first kappa shape index (κ1) is 18.3. The molecule has 2 aromatic carbocycles. The quantitative estimate of drug-likeness (QED) is 0.596. The second-order valence-electron chi connectivity index (χ2n) is 5.17. The van der Waals surface area contributed by atoms with Gasteiger partial charge in [0, 0.05) is 17.8 Å². The maximum absolute atomic E-state index is 13.5. The van der Waals surface area contributed by atoms with Crippen molar-refractivity contribution in [2.45, 2.75) is 10.9 Å². The predicted molar refractivity (Wildman–Crippen MR) is 98.6 cm³/mol. The van der Waals surface area contributed by atoms with Crippen LogP contribution in [0.25, 0.3) is 0 Å². The molecule has 0 spiro atoms. The van der Waals surface area contributed by atoms with Crippen LogP contribution < -0.4 is 10.6 Å². The molecule has 134 valence electrons. The second-order valence-corrected chi connectivity index (χ2v) is 7.37. The Morgan fingerprint density at radius 2 is 1.96 bits per heavy atom. The van der Waals surface area contributed by atoms with E-state index in [0.717, 1.165) is 0 Å². The molecule has 0 radical (unpaired) electrons. The highest BCUT2D eigenvalue weighted by Gasteiger charge is 2.09. The first-order valence-corrected chi connectivity index (χ1v) is 9.39. The lowest BCUT2D eigenvalue weighted by Gasteiger charge is -2.05.